The van der Waals surface area contributed by atoms with Crippen molar-refractivity contribution >= 4 is 46.9 Å². The molecule has 2 N–H and O–H groups in total. The normalized spacial score (nSPS) is 10.7. The van der Waals surface area contributed by atoms with E-state index in [1.165, 1.54) is 18.2 Å². The van der Waals surface area contributed by atoms with Crippen LogP contribution in [0, 0.1) is 0 Å². The molecule has 32 heavy (non-hydrogen) atoms. The van der Waals surface area contributed by atoms with Gasteiger partial charge in [-0.3, -0.25) is 19.6 Å². The Kier molecular flexibility index (Phi) is 7.76. The van der Waals surface area contributed by atoms with E-state index < -0.39 is 5.91 Å². The second-order valence-corrected chi connectivity index (χ2v) is 7.51. The number of aromatic nitrogens is 1. The van der Waals surface area contributed by atoms with Gasteiger partial charge in [0.15, 0.2) is 0 Å². The highest BCUT2D eigenvalue weighted by Crippen LogP contribution is 2.29. The molecule has 0 saturated carbocycles. The van der Waals surface area contributed by atoms with Crippen LogP contribution in [0.2, 0.25) is 10.0 Å². The van der Waals surface area contributed by atoms with Gasteiger partial charge in [-0.15, -0.1) is 0 Å². The summed E-state index contributed by atoms with van der Waals surface area (Å²) in [4.78, 5) is 33.3. The number of carbonyl (C=O) groups is 2. The summed E-state index contributed by atoms with van der Waals surface area (Å²) in [5.41, 5.74) is 3.00. The van der Waals surface area contributed by atoms with Crippen LogP contribution in [0.15, 0.2) is 78.1 Å². The quantitative estimate of drug-likeness (QED) is 0.441. The number of nitrogens with one attached hydrogen (secondary N) is 2. The molecule has 0 saturated heterocycles. The molecule has 1 heterocycles. The first kappa shape index (κ1) is 23.2. The van der Waals surface area contributed by atoms with Crippen molar-refractivity contribution < 1.29 is 9.59 Å². The molecule has 0 atom stereocenters. The minimum Gasteiger partial charge on any atom is -0.346 e. The van der Waals surface area contributed by atoms with Crippen LogP contribution >= 0.6 is 23.2 Å². The zero-order chi connectivity index (χ0) is 23.1. The summed E-state index contributed by atoms with van der Waals surface area (Å²) >= 11 is 12.6. The number of rotatable bonds is 7. The van der Waals surface area contributed by atoms with Crippen molar-refractivity contribution in [2.24, 2.45) is 4.99 Å². The number of nitrogens with zero attached hydrogens (tertiary/aromatic N) is 2. The molecule has 162 valence electrons. The van der Waals surface area contributed by atoms with Crippen molar-refractivity contribution in [1.82, 2.24) is 10.3 Å². The number of hydrogen-bond donors (Lipinski definition) is 2. The van der Waals surface area contributed by atoms with Gasteiger partial charge in [-0.25, -0.2) is 0 Å². The number of carbonyl (C=O) groups excluding carboxylic acids is 2. The lowest BCUT2D eigenvalue weighted by Gasteiger charge is -2.11. The second-order valence-electron chi connectivity index (χ2n) is 6.69. The van der Waals surface area contributed by atoms with Gasteiger partial charge >= 0.3 is 0 Å². The second kappa shape index (κ2) is 10.7. The maximum Gasteiger partial charge on any atom is 0.257 e. The van der Waals surface area contributed by atoms with Gasteiger partial charge in [0.1, 0.15) is 0 Å². The third-order valence-corrected chi connectivity index (χ3v) is 5.05. The summed E-state index contributed by atoms with van der Waals surface area (Å²) in [7, 11) is 0. The van der Waals surface area contributed by atoms with Crippen molar-refractivity contribution in [2.75, 3.05) is 11.9 Å². The Morgan fingerprint density at radius 1 is 1.06 bits per heavy atom. The smallest absolute Gasteiger partial charge is 0.257 e. The maximum atomic E-state index is 12.8. The van der Waals surface area contributed by atoms with Gasteiger partial charge in [-0.1, -0.05) is 35.8 Å². The Labute approximate surface area is 196 Å². The highest BCUT2D eigenvalue weighted by Gasteiger charge is 2.15. The molecule has 0 fully saturated rings. The first-order valence-corrected chi connectivity index (χ1v) is 10.4. The van der Waals surface area contributed by atoms with Gasteiger partial charge in [-0.05, 0) is 55.5 Å². The Morgan fingerprint density at radius 3 is 2.56 bits per heavy atom. The number of aliphatic imine (C=N–C) groups is 1. The Hall–Kier alpha value is -3.48. The summed E-state index contributed by atoms with van der Waals surface area (Å²) in [6, 6.07) is 15.1. The number of benzene rings is 2. The molecule has 8 heteroatoms. The molecule has 6 nitrogen and oxygen atoms in total. The number of hydrogen-bond acceptors (Lipinski definition) is 4. The first-order chi connectivity index (χ1) is 15.4. The van der Waals surface area contributed by atoms with E-state index in [2.05, 4.69) is 27.2 Å². The van der Waals surface area contributed by atoms with E-state index in [9.17, 15) is 9.59 Å². The molecule has 1 aromatic heterocycles. The third-order valence-electron chi connectivity index (χ3n) is 4.41. The van der Waals surface area contributed by atoms with Crippen LogP contribution in [0.4, 0.5) is 5.69 Å². The van der Waals surface area contributed by atoms with Crippen LogP contribution in [-0.4, -0.2) is 29.6 Å². The third kappa shape index (κ3) is 5.81. The summed E-state index contributed by atoms with van der Waals surface area (Å²) in [6.45, 7) is 5.70. The molecule has 0 unspecified atom stereocenters. The van der Waals surface area contributed by atoms with Crippen molar-refractivity contribution in [3.63, 3.8) is 0 Å². The van der Waals surface area contributed by atoms with Gasteiger partial charge in [0.05, 0.1) is 33.5 Å². The zero-order valence-electron chi connectivity index (χ0n) is 17.2. The lowest BCUT2D eigenvalue weighted by Crippen LogP contribution is -2.25. The standard InChI is InChI=1S/C24H20Cl2N4O2/c1-3-27-15(2)14-29-23(31)16-7-9-18(21(26)12-16)24(32)30-17-8-10-20(25)19(13-17)22-6-4-5-11-28-22/h3-13H,2,14H2,1H3,(H,29,31)(H,30,32). The predicted octanol–water partition coefficient (Wildman–Crippen LogP) is 5.64. The summed E-state index contributed by atoms with van der Waals surface area (Å²) in [5.74, 6) is -0.758. The van der Waals surface area contributed by atoms with Crippen LogP contribution in [0.5, 0.6) is 0 Å². The van der Waals surface area contributed by atoms with Crippen LogP contribution in [-0.2, 0) is 0 Å². The lowest BCUT2D eigenvalue weighted by molar-refractivity contribution is 0.0955. The highest BCUT2D eigenvalue weighted by atomic mass is 35.5. The molecule has 2 aromatic carbocycles. The molecule has 0 bridgehead atoms. The van der Waals surface area contributed by atoms with E-state index in [1.54, 1.807) is 37.5 Å². The van der Waals surface area contributed by atoms with Crippen molar-refractivity contribution in [3.8, 4) is 11.3 Å². The highest BCUT2D eigenvalue weighted by molar-refractivity contribution is 6.35. The van der Waals surface area contributed by atoms with Crippen molar-refractivity contribution in [1.29, 1.82) is 0 Å². The van der Waals surface area contributed by atoms with E-state index in [1.807, 2.05) is 18.2 Å². The number of anilines is 1. The SMILES string of the molecule is C=C(CNC(=O)c1ccc(C(=O)Nc2ccc(Cl)c(-c3ccccn3)c2)c(Cl)c1)N=CC. The maximum absolute atomic E-state index is 12.8. The fourth-order valence-corrected chi connectivity index (χ4v) is 3.35. The van der Waals surface area contributed by atoms with E-state index in [0.29, 0.717) is 33.2 Å². The van der Waals surface area contributed by atoms with Gasteiger partial charge in [0.25, 0.3) is 11.8 Å². The average molecular weight is 467 g/mol. The molecule has 0 aliphatic heterocycles. The minimum atomic E-state index is -0.415. The average Bonchev–Trinajstić information content (AvgIpc) is 2.79. The molecule has 2 amide bonds. The van der Waals surface area contributed by atoms with Gasteiger partial charge in [-0.2, -0.15) is 0 Å². The largest absolute Gasteiger partial charge is 0.346 e. The van der Waals surface area contributed by atoms with Crippen LogP contribution in [0.25, 0.3) is 11.3 Å². The molecular weight excluding hydrogens is 447 g/mol. The zero-order valence-corrected chi connectivity index (χ0v) is 18.7. The number of halogens is 2. The van der Waals surface area contributed by atoms with E-state index in [4.69, 9.17) is 23.2 Å². The number of amides is 2. The van der Waals surface area contributed by atoms with E-state index in [-0.39, 0.29) is 23.0 Å². The Bertz CT molecular complexity index is 1190. The van der Waals surface area contributed by atoms with E-state index in [0.717, 1.165) is 0 Å². The van der Waals surface area contributed by atoms with Gasteiger partial charge < -0.3 is 10.6 Å². The molecular formula is C24H20Cl2N4O2. The molecule has 0 aliphatic rings. The van der Waals surface area contributed by atoms with Crippen LogP contribution < -0.4 is 10.6 Å². The van der Waals surface area contributed by atoms with Crippen molar-refractivity contribution in [3.05, 3.63) is 94.2 Å². The molecule has 3 aromatic rings. The number of pyridine rings is 1. The predicted molar refractivity (Wildman–Crippen MR) is 130 cm³/mol. The van der Waals surface area contributed by atoms with Gasteiger partial charge in [0.2, 0.25) is 0 Å². The fourth-order valence-electron chi connectivity index (χ4n) is 2.87. The fraction of sp³-hybridized carbons (Fsp3) is 0.0833. The summed E-state index contributed by atoms with van der Waals surface area (Å²) in [6.07, 6.45) is 3.26. The minimum absolute atomic E-state index is 0.152. The molecule has 0 aliphatic carbocycles. The Balaban J connectivity index is 1.73. The first-order valence-electron chi connectivity index (χ1n) is 9.65. The topological polar surface area (TPSA) is 83.5 Å². The van der Waals surface area contributed by atoms with Crippen molar-refractivity contribution in [2.45, 2.75) is 6.92 Å². The molecule has 0 spiro atoms. The lowest BCUT2D eigenvalue weighted by atomic mass is 10.1. The molecule has 0 radical (unpaired) electrons. The van der Waals surface area contributed by atoms with Crippen LogP contribution in [0.3, 0.4) is 0 Å². The summed E-state index contributed by atoms with van der Waals surface area (Å²) < 4.78 is 0. The van der Waals surface area contributed by atoms with Crippen LogP contribution in [0.1, 0.15) is 27.6 Å². The Morgan fingerprint density at radius 2 is 1.88 bits per heavy atom. The summed E-state index contributed by atoms with van der Waals surface area (Å²) in [5, 5.41) is 6.17. The van der Waals surface area contributed by atoms with E-state index >= 15 is 0 Å². The molecule has 3 rings (SSSR count). The monoisotopic (exact) mass is 466 g/mol. The van der Waals surface area contributed by atoms with Gasteiger partial charge in [0, 0.05) is 29.2 Å².